The van der Waals surface area contributed by atoms with E-state index in [9.17, 15) is 10.3 Å². The Morgan fingerprint density at radius 3 is 1.78 bits per heavy atom. The average molecular weight is 502 g/mol. The number of hydrogen-bond acceptors (Lipinski definition) is 6. The highest BCUT2D eigenvalue weighted by molar-refractivity contribution is 5.50. The van der Waals surface area contributed by atoms with Gasteiger partial charge in [-0.05, 0) is 22.2 Å². The van der Waals surface area contributed by atoms with Crippen molar-refractivity contribution in [3.05, 3.63) is 118 Å². The van der Waals surface area contributed by atoms with Crippen molar-refractivity contribution in [1.29, 1.82) is 0 Å². The molecule has 0 spiro atoms. The Morgan fingerprint density at radius 1 is 0.757 bits per heavy atom. The van der Waals surface area contributed by atoms with Gasteiger partial charge in [0, 0.05) is 11.3 Å². The van der Waals surface area contributed by atoms with Crippen LogP contribution >= 0.6 is 0 Å². The molecule has 0 bridgehead atoms. The highest BCUT2D eigenvalue weighted by atomic mass is 16.6. The molecular formula is C29H31N3O5. The Morgan fingerprint density at radius 2 is 1.27 bits per heavy atom. The number of benzene rings is 3. The molecule has 1 fully saturated rings. The number of hydrogen-bond donors (Lipinski definition) is 0. The SMILES string of the molecule is [N-]=[N+]=N[C@H]1[C@@H](OCc2ccccc2)[C@H](OCc2ccccc2)[C@@H](COCc2ccccc2)O[C@H]1CC=O. The number of rotatable bonds is 13. The van der Waals surface area contributed by atoms with Crippen molar-refractivity contribution in [3.8, 4) is 0 Å². The number of aldehydes is 1. The number of azide groups is 1. The third-order valence-electron chi connectivity index (χ3n) is 6.24. The normalized spacial score (nSPS) is 23.2. The van der Waals surface area contributed by atoms with E-state index in [0.717, 1.165) is 23.0 Å². The monoisotopic (exact) mass is 501 g/mol. The highest BCUT2D eigenvalue weighted by Gasteiger charge is 2.47. The van der Waals surface area contributed by atoms with E-state index in [1.165, 1.54) is 0 Å². The van der Waals surface area contributed by atoms with Crippen LogP contribution in [-0.4, -0.2) is 43.4 Å². The lowest BCUT2D eigenvalue weighted by molar-refractivity contribution is -0.227. The summed E-state index contributed by atoms with van der Waals surface area (Å²) in [5.74, 6) is 0. The molecule has 0 N–H and O–H groups in total. The first kappa shape index (κ1) is 26.5. The number of ether oxygens (including phenoxy) is 4. The summed E-state index contributed by atoms with van der Waals surface area (Å²) < 4.78 is 25.1. The zero-order chi connectivity index (χ0) is 25.7. The molecule has 4 rings (SSSR count). The van der Waals surface area contributed by atoms with Crippen molar-refractivity contribution in [2.75, 3.05) is 6.61 Å². The number of carbonyl (C=O) groups is 1. The summed E-state index contributed by atoms with van der Waals surface area (Å²) in [5.41, 5.74) is 12.3. The highest BCUT2D eigenvalue weighted by Crippen LogP contribution is 2.31. The predicted octanol–water partition coefficient (Wildman–Crippen LogP) is 5.41. The first-order valence-electron chi connectivity index (χ1n) is 12.3. The van der Waals surface area contributed by atoms with Crippen LogP contribution in [0.1, 0.15) is 23.1 Å². The van der Waals surface area contributed by atoms with Gasteiger partial charge in [-0.15, -0.1) is 0 Å². The minimum absolute atomic E-state index is 0.0650. The van der Waals surface area contributed by atoms with E-state index in [4.69, 9.17) is 18.9 Å². The maximum atomic E-state index is 11.5. The fourth-order valence-corrected chi connectivity index (χ4v) is 4.42. The van der Waals surface area contributed by atoms with E-state index in [1.54, 1.807) is 0 Å². The van der Waals surface area contributed by atoms with Gasteiger partial charge >= 0.3 is 0 Å². The minimum Gasteiger partial charge on any atom is -0.374 e. The molecule has 3 aromatic carbocycles. The zero-order valence-electron chi connectivity index (χ0n) is 20.5. The Bertz CT molecular complexity index is 1130. The fraction of sp³-hybridized carbons (Fsp3) is 0.345. The van der Waals surface area contributed by atoms with Gasteiger partial charge in [0.15, 0.2) is 0 Å². The summed E-state index contributed by atoms with van der Waals surface area (Å²) in [7, 11) is 0. The summed E-state index contributed by atoms with van der Waals surface area (Å²) in [6.07, 6.45) is -1.61. The molecule has 1 aliphatic heterocycles. The second-order valence-corrected chi connectivity index (χ2v) is 8.83. The van der Waals surface area contributed by atoms with Crippen molar-refractivity contribution < 1.29 is 23.7 Å². The summed E-state index contributed by atoms with van der Waals surface area (Å²) in [5, 5.41) is 4.00. The topological polar surface area (TPSA) is 103 Å². The van der Waals surface area contributed by atoms with E-state index in [1.807, 2.05) is 91.0 Å². The van der Waals surface area contributed by atoms with Crippen LogP contribution in [0.5, 0.6) is 0 Å². The standard InChI is InChI=1S/C29H31N3O5/c30-32-31-27-25(16-17-33)37-26(21-34-18-22-10-4-1-5-11-22)28(35-19-23-12-6-2-7-13-23)29(27)36-20-24-14-8-3-9-15-24/h1-15,17,25-29H,16,18-21H2/t25-,26+,27+,28+,29+/m0/s1. The van der Waals surface area contributed by atoms with Gasteiger partial charge in [0.2, 0.25) is 0 Å². The summed E-state index contributed by atoms with van der Waals surface area (Å²) >= 11 is 0. The Balaban J connectivity index is 1.57. The molecule has 0 radical (unpaired) electrons. The Labute approximate surface area is 216 Å². The molecule has 1 aliphatic rings. The maximum Gasteiger partial charge on any atom is 0.122 e. The van der Waals surface area contributed by atoms with Crippen LogP contribution in [0.3, 0.4) is 0 Å². The maximum absolute atomic E-state index is 11.5. The Hall–Kier alpha value is -3.52. The molecule has 37 heavy (non-hydrogen) atoms. The quantitative estimate of drug-likeness (QED) is 0.135. The first-order chi connectivity index (χ1) is 18.3. The zero-order valence-corrected chi connectivity index (χ0v) is 20.5. The fourth-order valence-electron chi connectivity index (χ4n) is 4.42. The number of nitrogens with zero attached hydrogens (tertiary/aromatic N) is 3. The van der Waals surface area contributed by atoms with E-state index in [-0.39, 0.29) is 13.0 Å². The van der Waals surface area contributed by atoms with Gasteiger partial charge in [-0.3, -0.25) is 0 Å². The van der Waals surface area contributed by atoms with Gasteiger partial charge < -0.3 is 23.7 Å². The summed E-state index contributed by atoms with van der Waals surface area (Å²) in [6.45, 7) is 1.23. The Kier molecular flexibility index (Phi) is 10.2. The summed E-state index contributed by atoms with van der Waals surface area (Å²) in [4.78, 5) is 14.5. The molecule has 0 saturated carbocycles. The van der Waals surface area contributed by atoms with Crippen LogP contribution in [-0.2, 0) is 43.6 Å². The molecule has 0 aliphatic carbocycles. The molecule has 0 unspecified atom stereocenters. The van der Waals surface area contributed by atoms with Crippen LogP contribution in [0.15, 0.2) is 96.1 Å². The van der Waals surface area contributed by atoms with Crippen molar-refractivity contribution >= 4 is 6.29 Å². The van der Waals surface area contributed by atoms with Crippen molar-refractivity contribution in [2.45, 2.75) is 56.7 Å². The predicted molar refractivity (Wildman–Crippen MR) is 138 cm³/mol. The smallest absolute Gasteiger partial charge is 0.122 e. The molecule has 1 heterocycles. The van der Waals surface area contributed by atoms with Gasteiger partial charge in [0.25, 0.3) is 0 Å². The second kappa shape index (κ2) is 14.3. The molecule has 1 saturated heterocycles. The van der Waals surface area contributed by atoms with Crippen molar-refractivity contribution in [1.82, 2.24) is 0 Å². The van der Waals surface area contributed by atoms with Crippen LogP contribution in [0.25, 0.3) is 10.4 Å². The molecule has 192 valence electrons. The molecule has 8 nitrogen and oxygen atoms in total. The van der Waals surface area contributed by atoms with E-state index in [0.29, 0.717) is 19.8 Å². The molecular weight excluding hydrogens is 470 g/mol. The lowest BCUT2D eigenvalue weighted by atomic mass is 9.91. The summed E-state index contributed by atoms with van der Waals surface area (Å²) in [6, 6.07) is 28.6. The van der Waals surface area contributed by atoms with Gasteiger partial charge in [0.05, 0.1) is 44.7 Å². The van der Waals surface area contributed by atoms with Crippen LogP contribution < -0.4 is 0 Å². The van der Waals surface area contributed by atoms with Crippen LogP contribution in [0.4, 0.5) is 0 Å². The third-order valence-corrected chi connectivity index (χ3v) is 6.24. The van der Waals surface area contributed by atoms with E-state index >= 15 is 0 Å². The molecule has 0 amide bonds. The van der Waals surface area contributed by atoms with Gasteiger partial charge in [-0.2, -0.15) is 0 Å². The third kappa shape index (κ3) is 7.73. The average Bonchev–Trinajstić information content (AvgIpc) is 2.94. The van der Waals surface area contributed by atoms with E-state index in [2.05, 4.69) is 10.0 Å². The number of carbonyl (C=O) groups excluding carboxylic acids is 1. The second-order valence-electron chi connectivity index (χ2n) is 8.83. The van der Waals surface area contributed by atoms with Gasteiger partial charge in [-0.1, -0.05) is 96.1 Å². The van der Waals surface area contributed by atoms with E-state index < -0.39 is 30.5 Å². The largest absolute Gasteiger partial charge is 0.374 e. The molecule has 8 heteroatoms. The van der Waals surface area contributed by atoms with Crippen LogP contribution in [0.2, 0.25) is 0 Å². The first-order valence-corrected chi connectivity index (χ1v) is 12.3. The van der Waals surface area contributed by atoms with Crippen molar-refractivity contribution in [3.63, 3.8) is 0 Å². The lowest BCUT2D eigenvalue weighted by Gasteiger charge is -2.44. The van der Waals surface area contributed by atoms with Gasteiger partial charge in [-0.25, -0.2) is 0 Å². The lowest BCUT2D eigenvalue weighted by Crippen LogP contribution is -2.59. The molecule has 0 aromatic heterocycles. The molecule has 5 atom stereocenters. The minimum atomic E-state index is -0.745. The van der Waals surface area contributed by atoms with Gasteiger partial charge in [0.1, 0.15) is 18.5 Å². The molecule has 3 aromatic rings. The van der Waals surface area contributed by atoms with Crippen LogP contribution in [0, 0.1) is 0 Å². The van der Waals surface area contributed by atoms with Crippen molar-refractivity contribution in [2.24, 2.45) is 5.11 Å².